The van der Waals surface area contributed by atoms with Crippen LogP contribution in [0.5, 0.6) is 0 Å². The molecule has 0 fully saturated rings. The van der Waals surface area contributed by atoms with Crippen molar-refractivity contribution in [2.75, 3.05) is 0 Å². The van der Waals surface area contributed by atoms with Gasteiger partial charge in [-0.15, -0.1) is 11.3 Å². The number of aromatic nitrogens is 1. The third-order valence-electron chi connectivity index (χ3n) is 1.99. The summed E-state index contributed by atoms with van der Waals surface area (Å²) in [5, 5.41) is 8.84. The fraction of sp³-hybridized carbons (Fsp3) is 0.0909. The highest BCUT2D eigenvalue weighted by Gasteiger charge is 2.06. The Kier molecular flexibility index (Phi) is 2.30. The Morgan fingerprint density at radius 3 is 2.64 bits per heavy atom. The first-order valence-electron chi connectivity index (χ1n) is 4.22. The Bertz CT molecular complexity index is 477. The van der Waals surface area contributed by atoms with Crippen molar-refractivity contribution in [2.24, 2.45) is 0 Å². The van der Waals surface area contributed by atoms with Crippen molar-refractivity contribution in [2.45, 2.75) is 6.92 Å². The Labute approximate surface area is 86.5 Å². The van der Waals surface area contributed by atoms with Crippen molar-refractivity contribution in [1.82, 2.24) is 4.98 Å². The van der Waals surface area contributed by atoms with Gasteiger partial charge in [0.2, 0.25) is 0 Å². The summed E-state index contributed by atoms with van der Waals surface area (Å²) < 4.78 is 0. The molecule has 0 atom stereocenters. The summed E-state index contributed by atoms with van der Waals surface area (Å²) in [6.07, 6.45) is 0. The molecule has 0 unspecified atom stereocenters. The lowest BCUT2D eigenvalue weighted by Gasteiger charge is -1.97. The summed E-state index contributed by atoms with van der Waals surface area (Å²) in [6, 6.07) is 10.2. The molecule has 0 N–H and O–H groups in total. The molecule has 0 aliphatic rings. The first-order chi connectivity index (χ1) is 6.81. The molecule has 2 rings (SSSR count). The minimum absolute atomic E-state index is 0.675. The third-order valence-corrected chi connectivity index (χ3v) is 2.73. The van der Waals surface area contributed by atoms with Crippen molar-refractivity contribution in [3.05, 3.63) is 40.2 Å². The van der Waals surface area contributed by atoms with Gasteiger partial charge in [0.05, 0.1) is 11.2 Å². The van der Waals surface area contributed by atoms with Gasteiger partial charge in [-0.3, -0.25) is 0 Å². The van der Waals surface area contributed by atoms with Gasteiger partial charge in [0.1, 0.15) is 10.9 Å². The quantitative estimate of drug-likeness (QED) is 0.709. The van der Waals surface area contributed by atoms with E-state index in [4.69, 9.17) is 5.26 Å². The van der Waals surface area contributed by atoms with Crippen LogP contribution in [0, 0.1) is 18.3 Å². The molecule has 0 radical (unpaired) electrons. The minimum atomic E-state index is 0.675. The second kappa shape index (κ2) is 3.60. The van der Waals surface area contributed by atoms with E-state index in [1.807, 2.05) is 31.2 Å². The van der Waals surface area contributed by atoms with E-state index in [9.17, 15) is 0 Å². The molecule has 14 heavy (non-hydrogen) atoms. The highest BCUT2D eigenvalue weighted by Crippen LogP contribution is 2.24. The van der Waals surface area contributed by atoms with Crippen molar-refractivity contribution in [3.63, 3.8) is 0 Å². The maximum atomic E-state index is 8.84. The minimum Gasteiger partial charge on any atom is -0.243 e. The fourth-order valence-corrected chi connectivity index (χ4v) is 1.84. The van der Waals surface area contributed by atoms with Crippen molar-refractivity contribution in [1.29, 1.82) is 5.26 Å². The highest BCUT2D eigenvalue weighted by atomic mass is 32.1. The lowest BCUT2D eigenvalue weighted by Crippen LogP contribution is -1.80. The van der Waals surface area contributed by atoms with Crippen LogP contribution >= 0.6 is 11.3 Å². The molecule has 0 aliphatic heterocycles. The summed E-state index contributed by atoms with van der Waals surface area (Å²) in [6.45, 7) is 2.04. The summed E-state index contributed by atoms with van der Waals surface area (Å²) in [7, 11) is 0. The zero-order valence-electron chi connectivity index (χ0n) is 7.69. The molecule has 0 saturated carbocycles. The maximum Gasteiger partial charge on any atom is 0.132 e. The van der Waals surface area contributed by atoms with Crippen LogP contribution in [0.15, 0.2) is 29.8 Å². The summed E-state index contributed by atoms with van der Waals surface area (Å²) in [4.78, 5) is 4.86. The highest BCUT2D eigenvalue weighted by molar-refractivity contribution is 7.10. The van der Waals surface area contributed by atoms with Crippen LogP contribution in [0.1, 0.15) is 10.4 Å². The number of nitrogens with zero attached hydrogens (tertiary/aromatic N) is 2. The van der Waals surface area contributed by atoms with E-state index in [0.717, 1.165) is 11.3 Å². The van der Waals surface area contributed by atoms with E-state index >= 15 is 0 Å². The van der Waals surface area contributed by atoms with Gasteiger partial charge in [-0.1, -0.05) is 29.8 Å². The number of nitriles is 1. The first kappa shape index (κ1) is 8.92. The number of benzene rings is 1. The summed E-state index contributed by atoms with van der Waals surface area (Å²) in [5.74, 6) is 0. The van der Waals surface area contributed by atoms with Gasteiger partial charge < -0.3 is 0 Å². The van der Waals surface area contributed by atoms with Crippen LogP contribution < -0.4 is 0 Å². The number of hydrogen-bond donors (Lipinski definition) is 0. The van der Waals surface area contributed by atoms with Gasteiger partial charge in [-0.2, -0.15) is 5.26 Å². The van der Waals surface area contributed by atoms with E-state index in [0.29, 0.717) is 4.88 Å². The molecule has 1 heterocycles. The molecule has 0 spiro atoms. The number of thiazole rings is 1. The third kappa shape index (κ3) is 1.52. The second-order valence-corrected chi connectivity index (χ2v) is 3.86. The topological polar surface area (TPSA) is 36.7 Å². The maximum absolute atomic E-state index is 8.84. The van der Waals surface area contributed by atoms with Crippen LogP contribution in [0.2, 0.25) is 0 Å². The molecular formula is C11H8N2S. The number of hydrogen-bond acceptors (Lipinski definition) is 3. The predicted octanol–water partition coefficient (Wildman–Crippen LogP) is 2.99. The molecular weight excluding hydrogens is 192 g/mol. The van der Waals surface area contributed by atoms with Crippen LogP contribution in [0.25, 0.3) is 11.3 Å². The van der Waals surface area contributed by atoms with Crippen molar-refractivity contribution in [3.8, 4) is 17.3 Å². The Hall–Kier alpha value is -1.66. The smallest absolute Gasteiger partial charge is 0.132 e. The van der Waals surface area contributed by atoms with Gasteiger partial charge in [-0.25, -0.2) is 4.98 Å². The summed E-state index contributed by atoms with van der Waals surface area (Å²) in [5.41, 5.74) is 4.71. The first-order valence-corrected chi connectivity index (χ1v) is 5.10. The SMILES string of the molecule is Cc1ccc(-c2ncsc2C#N)cc1. The van der Waals surface area contributed by atoms with Crippen molar-refractivity contribution < 1.29 is 0 Å². The molecule has 0 saturated heterocycles. The largest absolute Gasteiger partial charge is 0.243 e. The molecule has 0 amide bonds. The Balaban J connectivity index is 2.50. The van der Waals surface area contributed by atoms with Crippen LogP contribution in [-0.2, 0) is 0 Å². The number of aryl methyl sites for hydroxylation is 1. The zero-order valence-corrected chi connectivity index (χ0v) is 8.51. The van der Waals surface area contributed by atoms with Crippen LogP contribution in [0.4, 0.5) is 0 Å². The molecule has 68 valence electrons. The molecule has 3 heteroatoms. The Morgan fingerprint density at radius 1 is 1.29 bits per heavy atom. The normalized spacial score (nSPS) is 9.71. The lowest BCUT2D eigenvalue weighted by atomic mass is 10.1. The van der Waals surface area contributed by atoms with E-state index in [2.05, 4.69) is 11.1 Å². The van der Waals surface area contributed by atoms with Crippen LogP contribution in [0.3, 0.4) is 0 Å². The molecule has 2 nitrogen and oxygen atoms in total. The molecule has 0 aliphatic carbocycles. The molecule has 1 aromatic carbocycles. The van der Waals surface area contributed by atoms with E-state index < -0.39 is 0 Å². The average Bonchev–Trinajstić information content (AvgIpc) is 2.67. The number of rotatable bonds is 1. The second-order valence-electron chi connectivity index (χ2n) is 3.01. The molecule has 2 aromatic rings. The molecule has 0 bridgehead atoms. The van der Waals surface area contributed by atoms with Gasteiger partial charge >= 0.3 is 0 Å². The van der Waals surface area contributed by atoms with E-state index in [1.165, 1.54) is 16.9 Å². The lowest BCUT2D eigenvalue weighted by molar-refractivity contribution is 1.38. The summed E-state index contributed by atoms with van der Waals surface area (Å²) >= 11 is 1.38. The van der Waals surface area contributed by atoms with Crippen LogP contribution in [-0.4, -0.2) is 4.98 Å². The fourth-order valence-electron chi connectivity index (χ4n) is 1.24. The van der Waals surface area contributed by atoms with Gasteiger partial charge in [0, 0.05) is 5.56 Å². The van der Waals surface area contributed by atoms with Gasteiger partial charge in [0.25, 0.3) is 0 Å². The van der Waals surface area contributed by atoms with Crippen molar-refractivity contribution >= 4 is 11.3 Å². The molecule has 1 aromatic heterocycles. The van der Waals surface area contributed by atoms with Gasteiger partial charge in [-0.05, 0) is 6.92 Å². The van der Waals surface area contributed by atoms with E-state index in [-0.39, 0.29) is 0 Å². The van der Waals surface area contributed by atoms with E-state index in [1.54, 1.807) is 5.51 Å². The zero-order chi connectivity index (χ0) is 9.97. The van der Waals surface area contributed by atoms with Gasteiger partial charge in [0.15, 0.2) is 0 Å². The monoisotopic (exact) mass is 200 g/mol. The average molecular weight is 200 g/mol. The standard InChI is InChI=1S/C11H8N2S/c1-8-2-4-9(5-3-8)11-10(6-12)14-7-13-11/h2-5,7H,1H3. The predicted molar refractivity (Wildman–Crippen MR) is 57.0 cm³/mol. The Morgan fingerprint density at radius 2 is 2.00 bits per heavy atom.